The second-order valence-electron chi connectivity index (χ2n) is 7.23. The minimum absolute atomic E-state index is 0.235. The molecular weight excluding hydrogens is 328 g/mol. The second kappa shape index (κ2) is 11.0. The minimum atomic E-state index is 0.235. The van der Waals surface area contributed by atoms with Crippen LogP contribution in [0.2, 0.25) is 0 Å². The van der Waals surface area contributed by atoms with Crippen LogP contribution in [0.5, 0.6) is 0 Å². The Morgan fingerprint density at radius 3 is 2.50 bits per heavy atom. The van der Waals surface area contributed by atoms with E-state index in [2.05, 4.69) is 45.9 Å². The maximum atomic E-state index is 9.31. The van der Waals surface area contributed by atoms with Gasteiger partial charge in [-0.3, -0.25) is 4.99 Å². The lowest BCUT2D eigenvalue weighted by molar-refractivity contribution is 0.245. The lowest BCUT2D eigenvalue weighted by Gasteiger charge is -2.36. The van der Waals surface area contributed by atoms with Crippen LogP contribution in [0.15, 0.2) is 23.5 Å². The monoisotopic (exact) mass is 362 g/mol. The molecule has 7 nitrogen and oxygen atoms in total. The fourth-order valence-electron chi connectivity index (χ4n) is 3.35. The van der Waals surface area contributed by atoms with Gasteiger partial charge in [-0.1, -0.05) is 13.8 Å². The second-order valence-corrected chi connectivity index (χ2v) is 7.23. The fourth-order valence-corrected chi connectivity index (χ4v) is 3.35. The number of anilines is 1. The Labute approximate surface area is 157 Å². The molecule has 0 saturated carbocycles. The van der Waals surface area contributed by atoms with E-state index in [4.69, 9.17) is 4.99 Å². The number of nitrogens with zero attached hydrogens (tertiary/aromatic N) is 5. The lowest BCUT2D eigenvalue weighted by atomic mass is 9.94. The molecule has 26 heavy (non-hydrogen) atoms. The molecule has 0 bridgehead atoms. The smallest absolute Gasteiger partial charge is 0.225 e. The van der Waals surface area contributed by atoms with Crippen LogP contribution in [0, 0.1) is 11.8 Å². The number of aliphatic hydroxyl groups excluding tert-OH is 1. The number of rotatable bonds is 8. The molecule has 0 radical (unpaired) electrons. The largest absolute Gasteiger partial charge is 0.396 e. The van der Waals surface area contributed by atoms with E-state index in [1.807, 2.05) is 6.07 Å². The maximum absolute atomic E-state index is 9.31. The highest BCUT2D eigenvalue weighted by atomic mass is 16.3. The van der Waals surface area contributed by atoms with Crippen LogP contribution in [0.3, 0.4) is 0 Å². The standard InChI is InChI=1S/C19H34N6O/c1-4-20-18(23-15-17(6-13-26)14-16(2)3)24-9-11-25(12-10-24)19-21-7-5-8-22-19/h5,7-8,16-17,26H,4,6,9-15H2,1-3H3,(H,20,23). The summed E-state index contributed by atoms with van der Waals surface area (Å²) in [5, 5.41) is 12.7. The van der Waals surface area contributed by atoms with Gasteiger partial charge in [0.15, 0.2) is 5.96 Å². The number of aliphatic imine (C=N–C) groups is 1. The van der Waals surface area contributed by atoms with E-state index in [9.17, 15) is 5.11 Å². The molecule has 2 N–H and O–H groups in total. The Balaban J connectivity index is 1.94. The van der Waals surface area contributed by atoms with Gasteiger partial charge in [-0.15, -0.1) is 0 Å². The van der Waals surface area contributed by atoms with Crippen LogP contribution in [-0.4, -0.2) is 71.8 Å². The summed E-state index contributed by atoms with van der Waals surface area (Å²) in [5.41, 5.74) is 0. The molecule has 1 atom stereocenters. The van der Waals surface area contributed by atoms with Crippen LogP contribution >= 0.6 is 0 Å². The first-order valence-corrected chi connectivity index (χ1v) is 9.80. The van der Waals surface area contributed by atoms with Crippen LogP contribution in [0.4, 0.5) is 5.95 Å². The lowest BCUT2D eigenvalue weighted by Crippen LogP contribution is -2.53. The number of piperazine rings is 1. The van der Waals surface area contributed by atoms with Gasteiger partial charge in [0.2, 0.25) is 5.95 Å². The Hall–Kier alpha value is -1.89. The van der Waals surface area contributed by atoms with Crippen LogP contribution < -0.4 is 10.2 Å². The fraction of sp³-hybridized carbons (Fsp3) is 0.737. The van der Waals surface area contributed by atoms with E-state index in [-0.39, 0.29) is 6.61 Å². The number of hydrogen-bond acceptors (Lipinski definition) is 5. The summed E-state index contributed by atoms with van der Waals surface area (Å²) >= 11 is 0. The molecule has 0 aromatic carbocycles. The zero-order valence-corrected chi connectivity index (χ0v) is 16.4. The van der Waals surface area contributed by atoms with Crippen molar-refractivity contribution in [2.24, 2.45) is 16.8 Å². The molecule has 1 saturated heterocycles. The summed E-state index contributed by atoms with van der Waals surface area (Å²) in [6.45, 7) is 12.0. The summed E-state index contributed by atoms with van der Waals surface area (Å²) in [4.78, 5) is 18.1. The third-order valence-corrected chi connectivity index (χ3v) is 4.59. The minimum Gasteiger partial charge on any atom is -0.396 e. The van der Waals surface area contributed by atoms with Gasteiger partial charge in [0.25, 0.3) is 0 Å². The summed E-state index contributed by atoms with van der Waals surface area (Å²) in [6, 6.07) is 1.84. The predicted molar refractivity (Wildman–Crippen MR) is 106 cm³/mol. The van der Waals surface area contributed by atoms with Crippen LogP contribution in [-0.2, 0) is 0 Å². The van der Waals surface area contributed by atoms with Gasteiger partial charge < -0.3 is 20.2 Å². The molecule has 1 unspecified atom stereocenters. The van der Waals surface area contributed by atoms with E-state index in [1.54, 1.807) is 12.4 Å². The summed E-state index contributed by atoms with van der Waals surface area (Å²) in [5.74, 6) is 2.84. The molecule has 1 aromatic heterocycles. The molecule has 0 spiro atoms. The SMILES string of the molecule is CCNC(=NCC(CCO)CC(C)C)N1CCN(c2ncccn2)CC1. The van der Waals surface area contributed by atoms with Crippen LogP contribution in [0.1, 0.15) is 33.6 Å². The first-order valence-electron chi connectivity index (χ1n) is 9.80. The van der Waals surface area contributed by atoms with Crippen molar-refractivity contribution in [3.05, 3.63) is 18.5 Å². The van der Waals surface area contributed by atoms with Gasteiger partial charge in [0.05, 0.1) is 0 Å². The quantitative estimate of drug-likeness (QED) is 0.540. The Kier molecular flexibility index (Phi) is 8.61. The van der Waals surface area contributed by atoms with Gasteiger partial charge in [0.1, 0.15) is 0 Å². The third-order valence-electron chi connectivity index (χ3n) is 4.59. The van der Waals surface area contributed by atoms with E-state index in [0.29, 0.717) is 11.8 Å². The summed E-state index contributed by atoms with van der Waals surface area (Å²) in [6.07, 6.45) is 5.50. The molecule has 1 fully saturated rings. The molecule has 1 aliphatic rings. The van der Waals surface area contributed by atoms with E-state index >= 15 is 0 Å². The average Bonchev–Trinajstić information content (AvgIpc) is 2.65. The maximum Gasteiger partial charge on any atom is 0.225 e. The van der Waals surface area contributed by atoms with Crippen molar-refractivity contribution < 1.29 is 5.11 Å². The molecule has 146 valence electrons. The highest BCUT2D eigenvalue weighted by Crippen LogP contribution is 2.16. The zero-order valence-electron chi connectivity index (χ0n) is 16.4. The van der Waals surface area contributed by atoms with Crippen molar-refractivity contribution in [3.63, 3.8) is 0 Å². The molecule has 0 amide bonds. The third kappa shape index (κ3) is 6.44. The van der Waals surface area contributed by atoms with Crippen molar-refractivity contribution in [1.82, 2.24) is 20.2 Å². The molecule has 2 rings (SSSR count). The van der Waals surface area contributed by atoms with Crippen molar-refractivity contribution in [3.8, 4) is 0 Å². The first kappa shape index (κ1) is 20.4. The van der Waals surface area contributed by atoms with Crippen molar-refractivity contribution in [2.45, 2.75) is 33.6 Å². The highest BCUT2D eigenvalue weighted by molar-refractivity contribution is 5.80. The number of aliphatic hydroxyl groups is 1. The number of nitrogens with one attached hydrogen (secondary N) is 1. The van der Waals surface area contributed by atoms with Gasteiger partial charge in [-0.05, 0) is 37.7 Å². The van der Waals surface area contributed by atoms with Crippen molar-refractivity contribution >= 4 is 11.9 Å². The molecule has 0 aliphatic carbocycles. The van der Waals surface area contributed by atoms with Gasteiger partial charge in [-0.2, -0.15) is 0 Å². The molecule has 2 heterocycles. The molecule has 1 aliphatic heterocycles. The molecular formula is C19H34N6O. The van der Waals surface area contributed by atoms with Crippen molar-refractivity contribution in [1.29, 1.82) is 0 Å². The summed E-state index contributed by atoms with van der Waals surface area (Å²) < 4.78 is 0. The number of hydrogen-bond donors (Lipinski definition) is 2. The zero-order chi connectivity index (χ0) is 18.8. The molecule has 7 heteroatoms. The topological polar surface area (TPSA) is 76.9 Å². The van der Waals surface area contributed by atoms with E-state index < -0.39 is 0 Å². The Bertz CT molecular complexity index is 528. The van der Waals surface area contributed by atoms with Crippen molar-refractivity contribution in [2.75, 3.05) is 50.8 Å². The Morgan fingerprint density at radius 1 is 1.23 bits per heavy atom. The van der Waals surface area contributed by atoms with Gasteiger partial charge in [0, 0.05) is 58.3 Å². The highest BCUT2D eigenvalue weighted by Gasteiger charge is 2.21. The van der Waals surface area contributed by atoms with Gasteiger partial charge in [-0.25, -0.2) is 9.97 Å². The average molecular weight is 363 g/mol. The summed E-state index contributed by atoms with van der Waals surface area (Å²) in [7, 11) is 0. The normalized spacial score (nSPS) is 16.9. The number of guanidine groups is 1. The van der Waals surface area contributed by atoms with E-state index in [1.165, 1.54) is 0 Å². The first-order chi connectivity index (χ1) is 12.6. The van der Waals surface area contributed by atoms with Gasteiger partial charge >= 0.3 is 0 Å². The van der Waals surface area contributed by atoms with Crippen LogP contribution in [0.25, 0.3) is 0 Å². The van der Waals surface area contributed by atoms with E-state index in [0.717, 1.165) is 64.0 Å². The number of aromatic nitrogens is 2. The molecule has 1 aromatic rings. The predicted octanol–water partition coefficient (Wildman–Crippen LogP) is 1.61. The Morgan fingerprint density at radius 2 is 1.92 bits per heavy atom.